The highest BCUT2D eigenvalue weighted by Gasteiger charge is 2.41. The summed E-state index contributed by atoms with van der Waals surface area (Å²) in [4.78, 5) is 0. The average molecular weight is 223 g/mol. The van der Waals surface area contributed by atoms with Crippen molar-refractivity contribution in [1.29, 1.82) is 0 Å². The molecular formula is C13H21NO2. The number of nitrogens with one attached hydrogen (secondary N) is 1. The third-order valence-electron chi connectivity index (χ3n) is 3.62. The topological polar surface area (TPSA) is 45.4 Å². The van der Waals surface area contributed by atoms with Crippen molar-refractivity contribution in [1.82, 2.24) is 5.32 Å². The van der Waals surface area contributed by atoms with Crippen LogP contribution in [0.1, 0.15) is 44.4 Å². The van der Waals surface area contributed by atoms with E-state index >= 15 is 0 Å². The first-order chi connectivity index (χ1) is 7.79. The number of hydrogen-bond donors (Lipinski definition) is 2. The Morgan fingerprint density at radius 1 is 1.56 bits per heavy atom. The van der Waals surface area contributed by atoms with Gasteiger partial charge in [0.15, 0.2) is 0 Å². The molecule has 0 radical (unpaired) electrons. The molecule has 1 saturated carbocycles. The summed E-state index contributed by atoms with van der Waals surface area (Å²) in [5.74, 6) is 1.02. The van der Waals surface area contributed by atoms with E-state index in [4.69, 9.17) is 9.52 Å². The van der Waals surface area contributed by atoms with Gasteiger partial charge in [-0.25, -0.2) is 0 Å². The molecule has 1 heterocycles. The molecule has 0 saturated heterocycles. The molecule has 1 aromatic heterocycles. The Morgan fingerprint density at radius 3 is 2.88 bits per heavy atom. The molecule has 0 aliphatic heterocycles. The van der Waals surface area contributed by atoms with Crippen LogP contribution in [0.25, 0.3) is 0 Å². The van der Waals surface area contributed by atoms with Crippen LogP contribution in [0, 0.1) is 5.41 Å². The fourth-order valence-electron chi connectivity index (χ4n) is 2.20. The van der Waals surface area contributed by atoms with Crippen LogP contribution in [0.15, 0.2) is 22.8 Å². The Morgan fingerprint density at radius 2 is 2.38 bits per heavy atom. The Balaban J connectivity index is 1.84. The maximum atomic E-state index is 9.00. The molecule has 1 unspecified atom stereocenters. The molecular weight excluding hydrogens is 202 g/mol. The Bertz CT molecular complexity index is 304. The fourth-order valence-corrected chi connectivity index (χ4v) is 2.20. The van der Waals surface area contributed by atoms with Crippen molar-refractivity contribution in [3.63, 3.8) is 0 Å². The van der Waals surface area contributed by atoms with Crippen LogP contribution in [-0.4, -0.2) is 18.3 Å². The van der Waals surface area contributed by atoms with Crippen LogP contribution < -0.4 is 5.32 Å². The summed E-state index contributed by atoms with van der Waals surface area (Å²) in [5.41, 5.74) is 0.370. The lowest BCUT2D eigenvalue weighted by Gasteiger charge is -2.19. The van der Waals surface area contributed by atoms with Gasteiger partial charge in [-0.05, 0) is 43.2 Å². The van der Waals surface area contributed by atoms with E-state index in [9.17, 15) is 0 Å². The second kappa shape index (κ2) is 5.02. The summed E-state index contributed by atoms with van der Waals surface area (Å²) in [6, 6.07) is 4.26. The summed E-state index contributed by atoms with van der Waals surface area (Å²) < 4.78 is 5.42. The van der Waals surface area contributed by atoms with Crippen molar-refractivity contribution in [2.75, 3.05) is 13.2 Å². The van der Waals surface area contributed by atoms with Gasteiger partial charge in [-0.1, -0.05) is 6.92 Å². The van der Waals surface area contributed by atoms with E-state index in [1.54, 1.807) is 6.26 Å². The zero-order valence-electron chi connectivity index (χ0n) is 9.91. The normalized spacial score (nSPS) is 19.6. The van der Waals surface area contributed by atoms with Crippen LogP contribution in [0.5, 0.6) is 0 Å². The van der Waals surface area contributed by atoms with Crippen LogP contribution in [0.3, 0.4) is 0 Å². The lowest BCUT2D eigenvalue weighted by atomic mass is 10.0. The van der Waals surface area contributed by atoms with Crippen molar-refractivity contribution in [2.45, 2.75) is 38.6 Å². The van der Waals surface area contributed by atoms with Gasteiger partial charge in [-0.2, -0.15) is 0 Å². The van der Waals surface area contributed by atoms with Crippen molar-refractivity contribution >= 4 is 0 Å². The minimum atomic E-state index is 0.305. The molecule has 1 atom stereocenters. The molecule has 1 aliphatic rings. The number of hydrogen-bond acceptors (Lipinski definition) is 3. The highest BCUT2D eigenvalue weighted by molar-refractivity contribution is 5.05. The fraction of sp³-hybridized carbons (Fsp3) is 0.692. The van der Waals surface area contributed by atoms with E-state index in [0.29, 0.717) is 18.1 Å². The van der Waals surface area contributed by atoms with E-state index < -0.39 is 0 Å². The zero-order chi connectivity index (χ0) is 11.4. The zero-order valence-corrected chi connectivity index (χ0v) is 9.91. The van der Waals surface area contributed by atoms with E-state index in [1.165, 1.54) is 12.8 Å². The Labute approximate surface area is 96.8 Å². The first-order valence-electron chi connectivity index (χ1n) is 6.17. The summed E-state index contributed by atoms with van der Waals surface area (Å²) in [6.45, 7) is 3.46. The van der Waals surface area contributed by atoms with Crippen molar-refractivity contribution in [3.8, 4) is 0 Å². The molecule has 1 aliphatic carbocycles. The Hall–Kier alpha value is -0.800. The van der Waals surface area contributed by atoms with Gasteiger partial charge in [0.25, 0.3) is 0 Å². The summed E-state index contributed by atoms with van der Waals surface area (Å²) in [6.07, 6.45) is 6.17. The molecule has 16 heavy (non-hydrogen) atoms. The first-order valence-corrected chi connectivity index (χ1v) is 6.17. The van der Waals surface area contributed by atoms with Crippen molar-refractivity contribution in [3.05, 3.63) is 24.2 Å². The molecule has 0 bridgehead atoms. The molecule has 0 amide bonds. The van der Waals surface area contributed by atoms with Crippen LogP contribution >= 0.6 is 0 Å². The second-order valence-electron chi connectivity index (χ2n) is 4.83. The number of aliphatic hydroxyl groups is 1. The minimum absolute atomic E-state index is 0.305. The van der Waals surface area contributed by atoms with Gasteiger partial charge in [0, 0.05) is 13.2 Å². The summed E-state index contributed by atoms with van der Waals surface area (Å²) >= 11 is 0. The largest absolute Gasteiger partial charge is 0.468 e. The molecule has 0 spiro atoms. The second-order valence-corrected chi connectivity index (χ2v) is 4.83. The molecule has 1 fully saturated rings. The van der Waals surface area contributed by atoms with Gasteiger partial charge >= 0.3 is 0 Å². The maximum Gasteiger partial charge on any atom is 0.120 e. The van der Waals surface area contributed by atoms with E-state index in [2.05, 4.69) is 12.2 Å². The van der Waals surface area contributed by atoms with Crippen molar-refractivity contribution in [2.24, 2.45) is 5.41 Å². The maximum absolute atomic E-state index is 9.00. The minimum Gasteiger partial charge on any atom is -0.468 e. The highest BCUT2D eigenvalue weighted by atomic mass is 16.3. The predicted molar refractivity (Wildman–Crippen MR) is 63.1 cm³/mol. The van der Waals surface area contributed by atoms with Gasteiger partial charge in [-0.15, -0.1) is 0 Å². The molecule has 90 valence electrons. The predicted octanol–water partition coefficient (Wildman–Crippen LogP) is 2.48. The van der Waals surface area contributed by atoms with E-state index in [0.717, 1.165) is 25.1 Å². The van der Waals surface area contributed by atoms with Crippen LogP contribution in [-0.2, 0) is 0 Å². The SMILES string of the molecule is CCC(NCC1(CCO)CC1)c1ccco1. The van der Waals surface area contributed by atoms with Crippen LogP contribution in [0.4, 0.5) is 0 Å². The average Bonchev–Trinajstić information content (AvgIpc) is 2.84. The third-order valence-corrected chi connectivity index (χ3v) is 3.62. The summed E-state index contributed by atoms with van der Waals surface area (Å²) in [5, 5.41) is 12.6. The Kier molecular flexibility index (Phi) is 3.66. The number of furan rings is 1. The van der Waals surface area contributed by atoms with Gasteiger partial charge < -0.3 is 14.8 Å². The van der Waals surface area contributed by atoms with Crippen molar-refractivity contribution < 1.29 is 9.52 Å². The molecule has 1 aromatic rings. The molecule has 3 nitrogen and oxygen atoms in total. The smallest absolute Gasteiger partial charge is 0.120 e. The first kappa shape index (κ1) is 11.7. The number of rotatable bonds is 7. The lowest BCUT2D eigenvalue weighted by Crippen LogP contribution is -2.28. The molecule has 0 aromatic carbocycles. The summed E-state index contributed by atoms with van der Waals surface area (Å²) in [7, 11) is 0. The molecule has 2 rings (SSSR count). The van der Waals surface area contributed by atoms with Gasteiger partial charge in [0.1, 0.15) is 5.76 Å². The third kappa shape index (κ3) is 2.66. The van der Waals surface area contributed by atoms with Gasteiger partial charge in [0.05, 0.1) is 12.3 Å². The highest BCUT2D eigenvalue weighted by Crippen LogP contribution is 2.48. The van der Waals surface area contributed by atoms with E-state index in [1.807, 2.05) is 12.1 Å². The molecule has 3 heteroatoms. The van der Waals surface area contributed by atoms with Gasteiger partial charge in [-0.3, -0.25) is 0 Å². The monoisotopic (exact) mass is 223 g/mol. The standard InChI is InChI=1S/C13H21NO2/c1-2-11(12-4-3-9-16-12)14-10-13(5-6-13)7-8-15/h3-4,9,11,14-15H,2,5-8,10H2,1H3. The lowest BCUT2D eigenvalue weighted by molar-refractivity contribution is 0.239. The number of aliphatic hydroxyl groups excluding tert-OH is 1. The quantitative estimate of drug-likeness (QED) is 0.746. The molecule has 2 N–H and O–H groups in total. The van der Waals surface area contributed by atoms with E-state index in [-0.39, 0.29) is 0 Å². The van der Waals surface area contributed by atoms with Crippen LogP contribution in [0.2, 0.25) is 0 Å². The van der Waals surface area contributed by atoms with Gasteiger partial charge in [0.2, 0.25) is 0 Å².